The number of hydrogen-bond donors (Lipinski definition) is 2. The fraction of sp³-hybridized carbons (Fsp3) is 0.692. The van der Waals surface area contributed by atoms with Gasteiger partial charge in [0.2, 0.25) is 11.8 Å². The third-order valence-electron chi connectivity index (χ3n) is 4.01. The van der Waals surface area contributed by atoms with Crippen molar-refractivity contribution in [2.24, 2.45) is 11.8 Å². The molecule has 2 unspecified atom stereocenters. The number of hydrogen-bond acceptors (Lipinski definition) is 6. The van der Waals surface area contributed by atoms with Gasteiger partial charge in [0.1, 0.15) is 5.37 Å². The molecular weight excluding hydrogens is 298 g/mol. The lowest BCUT2D eigenvalue weighted by molar-refractivity contribution is -0.155. The van der Waals surface area contributed by atoms with E-state index in [0.29, 0.717) is 25.6 Å². The summed E-state index contributed by atoms with van der Waals surface area (Å²) in [4.78, 5) is 25.0. The first-order valence-electron chi connectivity index (χ1n) is 6.88. The molecule has 0 spiro atoms. The van der Waals surface area contributed by atoms with Gasteiger partial charge in [0.25, 0.3) is 0 Å². The first-order valence-corrected chi connectivity index (χ1v) is 7.76. The summed E-state index contributed by atoms with van der Waals surface area (Å²) in [6.45, 7) is 2.92. The maximum atomic E-state index is 12.1. The molecule has 1 amide bonds. The van der Waals surface area contributed by atoms with E-state index in [4.69, 9.17) is 14.6 Å². The van der Waals surface area contributed by atoms with Crippen LogP contribution in [0.5, 0.6) is 0 Å². The number of nitrogens with zero attached hydrogens (tertiary/aromatic N) is 1. The fourth-order valence-electron chi connectivity index (χ4n) is 2.93. The highest BCUT2D eigenvalue weighted by atomic mass is 32.2. The fourth-order valence-corrected chi connectivity index (χ4v) is 4.59. The molecule has 2 saturated heterocycles. The second-order valence-electron chi connectivity index (χ2n) is 5.51. The van der Waals surface area contributed by atoms with Crippen molar-refractivity contribution in [2.75, 3.05) is 13.2 Å². The number of carbonyl (C=O) groups excluding carboxylic acids is 1. The SMILES string of the molecule is C[C@@H](O)C1C(=O)N2C(OC(=O)O)=C(CC3CCOC3)S[C@@H]12. The summed E-state index contributed by atoms with van der Waals surface area (Å²) in [5.41, 5.74) is 0. The Morgan fingerprint density at radius 1 is 1.62 bits per heavy atom. The molecule has 0 saturated carbocycles. The number of carbonyl (C=O) groups is 2. The van der Waals surface area contributed by atoms with Crippen molar-refractivity contribution < 1.29 is 29.3 Å². The van der Waals surface area contributed by atoms with Gasteiger partial charge >= 0.3 is 6.16 Å². The molecule has 7 nitrogen and oxygen atoms in total. The van der Waals surface area contributed by atoms with E-state index in [1.165, 1.54) is 16.7 Å². The highest BCUT2D eigenvalue weighted by Gasteiger charge is 2.57. The normalized spacial score (nSPS) is 33.0. The number of aliphatic hydroxyl groups excluding tert-OH is 1. The van der Waals surface area contributed by atoms with Gasteiger partial charge in [0, 0.05) is 18.1 Å². The summed E-state index contributed by atoms with van der Waals surface area (Å²) in [5.74, 6) is -0.346. The van der Waals surface area contributed by atoms with Crippen molar-refractivity contribution in [2.45, 2.75) is 31.2 Å². The van der Waals surface area contributed by atoms with Crippen LogP contribution in [0.4, 0.5) is 4.79 Å². The van der Waals surface area contributed by atoms with Gasteiger partial charge < -0.3 is 19.7 Å². The predicted octanol–water partition coefficient (Wildman–Crippen LogP) is 1.19. The van der Waals surface area contributed by atoms with Crippen LogP contribution in [0.3, 0.4) is 0 Å². The maximum Gasteiger partial charge on any atom is 0.512 e. The van der Waals surface area contributed by atoms with E-state index in [9.17, 15) is 14.7 Å². The molecule has 3 heterocycles. The van der Waals surface area contributed by atoms with Crippen LogP contribution in [0, 0.1) is 11.8 Å². The first kappa shape index (κ1) is 14.7. The molecule has 0 bridgehead atoms. The zero-order chi connectivity index (χ0) is 15.1. The molecule has 3 aliphatic heterocycles. The lowest BCUT2D eigenvalue weighted by atomic mass is 9.93. The first-order chi connectivity index (χ1) is 9.99. The Morgan fingerprint density at radius 3 is 2.95 bits per heavy atom. The average molecular weight is 315 g/mol. The molecule has 21 heavy (non-hydrogen) atoms. The molecule has 0 aliphatic carbocycles. The molecule has 2 fully saturated rings. The number of fused-ring (bicyclic) bond motifs is 1. The summed E-state index contributed by atoms with van der Waals surface area (Å²) in [5, 5.41) is 18.3. The molecule has 0 radical (unpaired) electrons. The van der Waals surface area contributed by atoms with Gasteiger partial charge in [-0.05, 0) is 25.7 Å². The van der Waals surface area contributed by atoms with Gasteiger partial charge in [0.15, 0.2) is 0 Å². The number of aliphatic hydroxyl groups is 1. The Hall–Kier alpha value is -1.25. The van der Waals surface area contributed by atoms with Crippen LogP contribution in [0.25, 0.3) is 0 Å². The average Bonchev–Trinajstić information content (AvgIpc) is 2.96. The van der Waals surface area contributed by atoms with Gasteiger partial charge in [-0.25, -0.2) is 4.79 Å². The molecule has 8 heteroatoms. The predicted molar refractivity (Wildman–Crippen MR) is 73.1 cm³/mol. The zero-order valence-electron chi connectivity index (χ0n) is 11.5. The highest BCUT2D eigenvalue weighted by molar-refractivity contribution is 8.04. The van der Waals surface area contributed by atoms with Crippen LogP contribution in [-0.4, -0.2) is 51.9 Å². The minimum absolute atomic E-state index is 0.117. The number of rotatable bonds is 4. The Kier molecular flexibility index (Phi) is 3.85. The van der Waals surface area contributed by atoms with Gasteiger partial charge in [-0.1, -0.05) is 11.8 Å². The summed E-state index contributed by atoms with van der Waals surface area (Å²) >= 11 is 1.42. The molecule has 3 rings (SSSR count). The number of β-lactam (4-membered cyclic amide) rings is 1. The molecule has 116 valence electrons. The van der Waals surface area contributed by atoms with Crippen LogP contribution in [0.1, 0.15) is 19.8 Å². The quantitative estimate of drug-likeness (QED) is 0.594. The van der Waals surface area contributed by atoms with Crippen molar-refractivity contribution in [3.63, 3.8) is 0 Å². The van der Waals surface area contributed by atoms with Crippen molar-refractivity contribution >= 4 is 23.8 Å². The van der Waals surface area contributed by atoms with Gasteiger partial charge in [-0.2, -0.15) is 0 Å². The van der Waals surface area contributed by atoms with E-state index < -0.39 is 18.2 Å². The molecule has 0 aromatic carbocycles. The van der Waals surface area contributed by atoms with Crippen LogP contribution < -0.4 is 0 Å². The standard InChI is InChI=1S/C13H17NO6S/c1-6(15)9-10(16)14-11(20-13(17)18)8(21-12(9)14)4-7-2-3-19-5-7/h6-7,9,12,15H,2-5H2,1H3,(H,17,18)/t6-,7?,9?,12+/m1/s1. The summed E-state index contributed by atoms with van der Waals surface area (Å²) in [6.07, 6.45) is -0.630. The Labute approximate surface area is 125 Å². The Morgan fingerprint density at radius 2 is 2.38 bits per heavy atom. The van der Waals surface area contributed by atoms with Crippen LogP contribution in [0.15, 0.2) is 10.8 Å². The number of thioether (sulfide) groups is 1. The maximum absolute atomic E-state index is 12.1. The van der Waals surface area contributed by atoms with Crippen LogP contribution in [0.2, 0.25) is 0 Å². The Bertz CT molecular complexity index is 499. The summed E-state index contributed by atoms with van der Waals surface area (Å²) < 4.78 is 10.1. The lowest BCUT2D eigenvalue weighted by Gasteiger charge is -2.43. The van der Waals surface area contributed by atoms with Crippen molar-refractivity contribution in [3.05, 3.63) is 10.8 Å². The number of amides is 1. The van der Waals surface area contributed by atoms with Crippen molar-refractivity contribution in [1.29, 1.82) is 0 Å². The number of ether oxygens (including phenoxy) is 2. The number of carboxylic acid groups (broad SMARTS) is 1. The summed E-state index contributed by atoms with van der Waals surface area (Å²) in [6, 6.07) is 0. The number of allylic oxidation sites excluding steroid dienone is 1. The Balaban J connectivity index is 1.79. The van der Waals surface area contributed by atoms with E-state index >= 15 is 0 Å². The molecule has 2 N–H and O–H groups in total. The third-order valence-corrected chi connectivity index (χ3v) is 5.38. The molecule has 0 aromatic rings. The van der Waals surface area contributed by atoms with E-state index in [1.54, 1.807) is 6.92 Å². The monoisotopic (exact) mass is 315 g/mol. The van der Waals surface area contributed by atoms with Crippen LogP contribution >= 0.6 is 11.8 Å². The largest absolute Gasteiger partial charge is 0.512 e. The van der Waals surface area contributed by atoms with E-state index in [-0.39, 0.29) is 17.2 Å². The second-order valence-corrected chi connectivity index (χ2v) is 6.72. The molecule has 0 aromatic heterocycles. The highest BCUT2D eigenvalue weighted by Crippen LogP contribution is 2.52. The molecule has 3 aliphatic rings. The van der Waals surface area contributed by atoms with E-state index in [2.05, 4.69) is 0 Å². The smallest absolute Gasteiger partial charge is 0.449 e. The van der Waals surface area contributed by atoms with Crippen molar-refractivity contribution in [3.8, 4) is 0 Å². The third kappa shape index (κ3) is 2.51. The second kappa shape index (κ2) is 5.51. The minimum Gasteiger partial charge on any atom is -0.449 e. The minimum atomic E-state index is -1.43. The van der Waals surface area contributed by atoms with Crippen LogP contribution in [-0.2, 0) is 14.3 Å². The van der Waals surface area contributed by atoms with Crippen molar-refractivity contribution in [1.82, 2.24) is 4.90 Å². The summed E-state index contributed by atoms with van der Waals surface area (Å²) in [7, 11) is 0. The van der Waals surface area contributed by atoms with E-state index in [1.807, 2.05) is 0 Å². The lowest BCUT2D eigenvalue weighted by Crippen LogP contribution is -2.60. The van der Waals surface area contributed by atoms with Gasteiger partial charge in [-0.15, -0.1) is 0 Å². The van der Waals surface area contributed by atoms with Gasteiger partial charge in [0.05, 0.1) is 12.0 Å². The molecule has 4 atom stereocenters. The van der Waals surface area contributed by atoms with Gasteiger partial charge in [-0.3, -0.25) is 9.69 Å². The topological polar surface area (TPSA) is 96.3 Å². The van der Waals surface area contributed by atoms with E-state index in [0.717, 1.165) is 11.3 Å². The zero-order valence-corrected chi connectivity index (χ0v) is 12.3. The molecular formula is C13H17NO6S.